The Kier molecular flexibility index (Phi) is 3.98. The van der Waals surface area contributed by atoms with Gasteiger partial charge in [-0.1, -0.05) is 16.8 Å². The monoisotopic (exact) mass is 309 g/mol. The summed E-state index contributed by atoms with van der Waals surface area (Å²) in [4.78, 5) is 0. The summed E-state index contributed by atoms with van der Waals surface area (Å²) in [5, 5.41) is 18.6. The molecule has 0 fully saturated rings. The third kappa shape index (κ3) is 3.11. The van der Waals surface area contributed by atoms with E-state index in [0.717, 1.165) is 6.42 Å². The molecule has 2 aromatic rings. The standard InChI is InChI=1S/C14H16ClN3O3/c1-18-8-10(16-17-18)7-12(19)9-5-11(15)14-13(6-9)20-3-2-4-21-14/h5-6,8,12,19H,2-4,7H2,1H3. The van der Waals surface area contributed by atoms with Crippen molar-refractivity contribution in [1.29, 1.82) is 0 Å². The summed E-state index contributed by atoms with van der Waals surface area (Å²) in [6.07, 6.45) is 2.22. The molecule has 0 saturated heterocycles. The maximum absolute atomic E-state index is 10.3. The van der Waals surface area contributed by atoms with Crippen molar-refractivity contribution in [3.63, 3.8) is 0 Å². The molecule has 1 aromatic carbocycles. The number of halogens is 1. The van der Waals surface area contributed by atoms with Crippen LogP contribution in [-0.2, 0) is 13.5 Å². The molecule has 0 spiro atoms. The Morgan fingerprint density at radius 2 is 2.19 bits per heavy atom. The van der Waals surface area contributed by atoms with Gasteiger partial charge in [-0.15, -0.1) is 5.10 Å². The molecule has 2 heterocycles. The third-order valence-electron chi connectivity index (χ3n) is 3.26. The smallest absolute Gasteiger partial charge is 0.179 e. The molecule has 0 aliphatic carbocycles. The van der Waals surface area contributed by atoms with Gasteiger partial charge in [-0.3, -0.25) is 4.68 Å². The maximum Gasteiger partial charge on any atom is 0.179 e. The molecular formula is C14H16ClN3O3. The Morgan fingerprint density at radius 3 is 2.95 bits per heavy atom. The van der Waals surface area contributed by atoms with Gasteiger partial charge in [0.1, 0.15) is 0 Å². The number of fused-ring (bicyclic) bond motifs is 1. The van der Waals surface area contributed by atoms with Crippen molar-refractivity contribution in [3.8, 4) is 11.5 Å². The van der Waals surface area contributed by atoms with E-state index < -0.39 is 6.10 Å². The number of hydrogen-bond acceptors (Lipinski definition) is 5. The first-order valence-corrected chi connectivity index (χ1v) is 7.13. The summed E-state index contributed by atoms with van der Waals surface area (Å²) in [6.45, 7) is 1.15. The number of rotatable bonds is 3. The topological polar surface area (TPSA) is 69.4 Å². The summed E-state index contributed by atoms with van der Waals surface area (Å²) in [7, 11) is 1.79. The zero-order valence-electron chi connectivity index (χ0n) is 11.6. The van der Waals surface area contributed by atoms with Gasteiger partial charge in [0.2, 0.25) is 0 Å². The Balaban J connectivity index is 1.84. The highest BCUT2D eigenvalue weighted by molar-refractivity contribution is 6.32. The predicted molar refractivity (Wildman–Crippen MR) is 76.7 cm³/mol. The van der Waals surface area contributed by atoms with Crippen LogP contribution in [-0.4, -0.2) is 33.3 Å². The molecule has 0 saturated carbocycles. The Morgan fingerprint density at radius 1 is 1.38 bits per heavy atom. The number of ether oxygens (including phenoxy) is 2. The van der Waals surface area contributed by atoms with Crippen LogP contribution in [0.2, 0.25) is 5.02 Å². The summed E-state index contributed by atoms with van der Waals surface area (Å²) >= 11 is 6.22. The van der Waals surface area contributed by atoms with Crippen molar-refractivity contribution < 1.29 is 14.6 Å². The molecule has 6 nitrogen and oxygen atoms in total. The van der Waals surface area contributed by atoms with E-state index in [1.807, 2.05) is 0 Å². The molecular weight excluding hydrogens is 294 g/mol. The Labute approximate surface area is 127 Å². The van der Waals surface area contributed by atoms with E-state index in [9.17, 15) is 5.11 Å². The van der Waals surface area contributed by atoms with Gasteiger partial charge in [-0.05, 0) is 17.7 Å². The molecule has 1 aromatic heterocycles. The lowest BCUT2D eigenvalue weighted by atomic mass is 10.0. The zero-order valence-corrected chi connectivity index (χ0v) is 12.4. The second kappa shape index (κ2) is 5.91. The van der Waals surface area contributed by atoms with Gasteiger partial charge in [0, 0.05) is 26.1 Å². The number of hydrogen-bond donors (Lipinski definition) is 1. The van der Waals surface area contributed by atoms with E-state index in [1.54, 1.807) is 30.1 Å². The van der Waals surface area contributed by atoms with Gasteiger partial charge in [0.25, 0.3) is 0 Å². The first-order valence-electron chi connectivity index (χ1n) is 6.76. The van der Waals surface area contributed by atoms with E-state index in [0.29, 0.717) is 47.4 Å². The summed E-state index contributed by atoms with van der Waals surface area (Å²) in [5.41, 5.74) is 1.39. The largest absolute Gasteiger partial charge is 0.489 e. The van der Waals surface area contributed by atoms with Crippen LogP contribution in [0.3, 0.4) is 0 Å². The lowest BCUT2D eigenvalue weighted by Crippen LogP contribution is -2.04. The number of aromatic nitrogens is 3. The first kappa shape index (κ1) is 14.2. The van der Waals surface area contributed by atoms with Crippen molar-refractivity contribution in [1.82, 2.24) is 15.0 Å². The number of aryl methyl sites for hydroxylation is 1. The van der Waals surface area contributed by atoms with Gasteiger partial charge in [0.15, 0.2) is 11.5 Å². The van der Waals surface area contributed by atoms with E-state index in [4.69, 9.17) is 21.1 Å². The molecule has 1 aliphatic rings. The Hall–Kier alpha value is -1.79. The van der Waals surface area contributed by atoms with Crippen LogP contribution in [0.5, 0.6) is 11.5 Å². The quantitative estimate of drug-likeness (QED) is 0.938. The molecule has 0 bridgehead atoms. The van der Waals surface area contributed by atoms with E-state index >= 15 is 0 Å². The molecule has 112 valence electrons. The highest BCUT2D eigenvalue weighted by Crippen LogP contribution is 2.39. The van der Waals surface area contributed by atoms with Gasteiger partial charge in [-0.25, -0.2) is 0 Å². The summed E-state index contributed by atoms with van der Waals surface area (Å²) < 4.78 is 12.8. The van der Waals surface area contributed by atoms with Crippen LogP contribution in [0.4, 0.5) is 0 Å². The number of aliphatic hydroxyl groups is 1. The minimum atomic E-state index is -0.726. The molecule has 3 rings (SSSR count). The van der Waals surface area contributed by atoms with Gasteiger partial charge >= 0.3 is 0 Å². The maximum atomic E-state index is 10.3. The number of benzene rings is 1. The van der Waals surface area contributed by atoms with Crippen LogP contribution in [0.15, 0.2) is 18.3 Å². The predicted octanol–water partition coefficient (Wildman–Crippen LogP) is 1.91. The van der Waals surface area contributed by atoms with Crippen LogP contribution < -0.4 is 9.47 Å². The second-order valence-electron chi connectivity index (χ2n) is 4.98. The molecule has 7 heteroatoms. The van der Waals surface area contributed by atoms with Crippen molar-refractivity contribution in [2.75, 3.05) is 13.2 Å². The lowest BCUT2D eigenvalue weighted by Gasteiger charge is -2.14. The minimum Gasteiger partial charge on any atom is -0.489 e. The first-order chi connectivity index (χ1) is 10.1. The normalized spacial score (nSPS) is 15.6. The van der Waals surface area contributed by atoms with Crippen LogP contribution in [0.1, 0.15) is 23.8 Å². The molecule has 1 aliphatic heterocycles. The highest BCUT2D eigenvalue weighted by atomic mass is 35.5. The average Bonchev–Trinajstić information content (AvgIpc) is 2.72. The Bertz CT molecular complexity index is 644. The zero-order chi connectivity index (χ0) is 14.8. The molecule has 1 atom stereocenters. The number of nitrogens with zero attached hydrogens (tertiary/aromatic N) is 3. The average molecular weight is 310 g/mol. The summed E-state index contributed by atoms with van der Waals surface area (Å²) in [5.74, 6) is 1.12. The van der Waals surface area contributed by atoms with Crippen LogP contribution in [0.25, 0.3) is 0 Å². The fourth-order valence-corrected chi connectivity index (χ4v) is 2.52. The molecule has 21 heavy (non-hydrogen) atoms. The third-order valence-corrected chi connectivity index (χ3v) is 3.54. The summed E-state index contributed by atoms with van der Waals surface area (Å²) in [6, 6.07) is 3.48. The fourth-order valence-electron chi connectivity index (χ4n) is 2.25. The van der Waals surface area contributed by atoms with Gasteiger partial charge < -0.3 is 14.6 Å². The van der Waals surface area contributed by atoms with E-state index in [-0.39, 0.29) is 0 Å². The molecule has 1 unspecified atom stereocenters. The lowest BCUT2D eigenvalue weighted by molar-refractivity contribution is 0.176. The second-order valence-corrected chi connectivity index (χ2v) is 5.39. The van der Waals surface area contributed by atoms with E-state index in [1.165, 1.54) is 0 Å². The van der Waals surface area contributed by atoms with Crippen molar-refractivity contribution in [2.45, 2.75) is 18.9 Å². The van der Waals surface area contributed by atoms with Crippen molar-refractivity contribution >= 4 is 11.6 Å². The van der Waals surface area contributed by atoms with Crippen molar-refractivity contribution in [3.05, 3.63) is 34.6 Å². The molecule has 0 radical (unpaired) electrons. The fraction of sp³-hybridized carbons (Fsp3) is 0.429. The minimum absolute atomic E-state index is 0.365. The highest BCUT2D eigenvalue weighted by Gasteiger charge is 2.19. The molecule has 1 N–H and O–H groups in total. The van der Waals surface area contributed by atoms with Gasteiger partial charge in [-0.2, -0.15) is 0 Å². The van der Waals surface area contributed by atoms with Crippen molar-refractivity contribution in [2.24, 2.45) is 7.05 Å². The number of aliphatic hydroxyl groups excluding tert-OH is 1. The SMILES string of the molecule is Cn1cc(CC(O)c2cc(Cl)c3c(c2)OCCCO3)nn1. The van der Waals surface area contributed by atoms with Crippen LogP contribution >= 0.6 is 11.6 Å². The van der Waals surface area contributed by atoms with Crippen LogP contribution in [0, 0.1) is 0 Å². The van der Waals surface area contributed by atoms with Gasteiger partial charge in [0.05, 0.1) is 30.0 Å². The molecule has 0 amide bonds. The van der Waals surface area contributed by atoms with E-state index in [2.05, 4.69) is 10.3 Å².